The van der Waals surface area contributed by atoms with Crippen molar-refractivity contribution >= 4 is 19.6 Å². The normalized spacial score (nSPS) is 17.3. The van der Waals surface area contributed by atoms with E-state index in [1.165, 1.54) is 23.1 Å². The van der Waals surface area contributed by atoms with Gasteiger partial charge >= 0.3 is 13.9 Å². The number of alkyl halides is 1. The first-order valence-corrected chi connectivity index (χ1v) is 11.0. The molecule has 3 heterocycles. The van der Waals surface area contributed by atoms with Gasteiger partial charge in [-0.1, -0.05) is 6.07 Å². The first kappa shape index (κ1) is 22.9. The minimum atomic E-state index is -5.00. The SMILES string of the molecule is Cn1nnc(-c2ccc(-c3ccc(N4C[C@@H](C(CF)OP(=O)(O)O)OC4=O)cc3F)cn2)n1. The van der Waals surface area contributed by atoms with Crippen LogP contribution in [-0.4, -0.2) is 66.5 Å². The molecule has 0 bridgehead atoms. The predicted octanol–water partition coefficient (Wildman–Crippen LogP) is 1.85. The monoisotopic (exact) mass is 482 g/mol. The van der Waals surface area contributed by atoms with Crippen molar-refractivity contribution in [2.45, 2.75) is 12.2 Å². The van der Waals surface area contributed by atoms with Crippen molar-refractivity contribution in [2.24, 2.45) is 7.05 Å². The van der Waals surface area contributed by atoms with Crippen LogP contribution >= 0.6 is 7.82 Å². The van der Waals surface area contributed by atoms with Crippen molar-refractivity contribution in [3.8, 4) is 22.6 Å². The molecule has 33 heavy (non-hydrogen) atoms. The van der Waals surface area contributed by atoms with E-state index in [-0.39, 0.29) is 17.8 Å². The number of aryl methyl sites for hydroxylation is 1. The first-order valence-electron chi connectivity index (χ1n) is 9.43. The fourth-order valence-electron chi connectivity index (χ4n) is 3.24. The number of ether oxygens (including phenoxy) is 1. The van der Waals surface area contributed by atoms with Gasteiger partial charge in [0.1, 0.15) is 24.3 Å². The maximum absolute atomic E-state index is 14.9. The summed E-state index contributed by atoms with van der Waals surface area (Å²) in [6, 6.07) is 7.21. The lowest BCUT2D eigenvalue weighted by Gasteiger charge is -2.19. The van der Waals surface area contributed by atoms with Crippen molar-refractivity contribution in [1.82, 2.24) is 25.2 Å². The Morgan fingerprint density at radius 1 is 1.33 bits per heavy atom. The van der Waals surface area contributed by atoms with E-state index in [0.717, 1.165) is 11.0 Å². The van der Waals surface area contributed by atoms with E-state index in [1.54, 1.807) is 19.2 Å². The summed E-state index contributed by atoms with van der Waals surface area (Å²) in [5.74, 6) is -0.347. The van der Waals surface area contributed by atoms with E-state index in [4.69, 9.17) is 14.5 Å². The van der Waals surface area contributed by atoms with Gasteiger partial charge in [0.05, 0.1) is 19.3 Å². The minimum absolute atomic E-state index is 0.117. The number of carbonyl (C=O) groups excluding carboxylic acids is 1. The fraction of sp³-hybridized carbons (Fsp3) is 0.278. The van der Waals surface area contributed by atoms with Gasteiger partial charge in [-0.25, -0.2) is 18.1 Å². The second kappa shape index (κ2) is 8.90. The molecule has 0 radical (unpaired) electrons. The number of benzene rings is 1. The fourth-order valence-corrected chi connectivity index (χ4v) is 3.78. The lowest BCUT2D eigenvalue weighted by atomic mass is 10.1. The van der Waals surface area contributed by atoms with Crippen LogP contribution in [0, 0.1) is 5.82 Å². The molecule has 0 aliphatic carbocycles. The molecule has 1 amide bonds. The van der Waals surface area contributed by atoms with E-state index in [2.05, 4.69) is 24.9 Å². The number of hydrogen-bond acceptors (Lipinski definition) is 8. The van der Waals surface area contributed by atoms with Crippen LogP contribution in [0.15, 0.2) is 36.5 Å². The number of nitrogens with zero attached hydrogens (tertiary/aromatic N) is 6. The van der Waals surface area contributed by atoms with E-state index < -0.39 is 38.6 Å². The highest BCUT2D eigenvalue weighted by Gasteiger charge is 2.41. The van der Waals surface area contributed by atoms with Gasteiger partial charge in [0.25, 0.3) is 0 Å². The highest BCUT2D eigenvalue weighted by molar-refractivity contribution is 7.46. The number of aromatic nitrogens is 5. The predicted molar refractivity (Wildman–Crippen MR) is 108 cm³/mol. The molecule has 4 rings (SSSR count). The molecule has 1 aliphatic rings. The standard InChI is InChI=1S/C18H17F2N6O6P/c1-25-23-17(22-24-25)14-5-2-10(8-21-14)12-4-3-11(6-13(12)20)26-9-16(31-18(26)27)15(7-19)32-33(28,29)30/h2-6,8,15-16H,7,9H2,1H3,(H2,28,29,30)/t15?,16-/m0/s1. The average molecular weight is 482 g/mol. The van der Waals surface area contributed by atoms with E-state index in [0.29, 0.717) is 17.1 Å². The molecule has 1 aliphatic heterocycles. The molecular weight excluding hydrogens is 465 g/mol. The van der Waals surface area contributed by atoms with Crippen LogP contribution in [0.5, 0.6) is 0 Å². The molecular formula is C18H17F2N6O6P. The molecule has 174 valence electrons. The van der Waals surface area contributed by atoms with Gasteiger partial charge in [-0.15, -0.1) is 10.2 Å². The van der Waals surface area contributed by atoms with Crippen LogP contribution in [0.2, 0.25) is 0 Å². The Morgan fingerprint density at radius 3 is 2.70 bits per heavy atom. The quantitative estimate of drug-likeness (QED) is 0.477. The molecule has 1 saturated heterocycles. The maximum Gasteiger partial charge on any atom is 0.470 e. The van der Waals surface area contributed by atoms with Crippen molar-refractivity contribution in [1.29, 1.82) is 0 Å². The van der Waals surface area contributed by atoms with Crippen LogP contribution in [0.1, 0.15) is 0 Å². The van der Waals surface area contributed by atoms with Gasteiger partial charge in [0, 0.05) is 17.3 Å². The van der Waals surface area contributed by atoms with E-state index in [1.807, 2.05) is 0 Å². The van der Waals surface area contributed by atoms with Crippen LogP contribution in [-0.2, 0) is 20.9 Å². The second-order valence-electron chi connectivity index (χ2n) is 7.02. The summed E-state index contributed by atoms with van der Waals surface area (Å²) in [5, 5.41) is 11.6. The molecule has 12 nitrogen and oxygen atoms in total. The summed E-state index contributed by atoms with van der Waals surface area (Å²) in [6.45, 7) is -1.58. The maximum atomic E-state index is 14.9. The van der Waals surface area contributed by atoms with Gasteiger partial charge in [0.15, 0.2) is 6.10 Å². The average Bonchev–Trinajstić information content (AvgIpc) is 3.37. The first-order chi connectivity index (χ1) is 15.6. The molecule has 3 aromatic rings. The third kappa shape index (κ3) is 5.03. The Balaban J connectivity index is 1.51. The van der Waals surface area contributed by atoms with Gasteiger partial charge in [-0.05, 0) is 29.5 Å². The van der Waals surface area contributed by atoms with Gasteiger partial charge < -0.3 is 14.5 Å². The summed E-state index contributed by atoms with van der Waals surface area (Å²) < 4.78 is 48.3. The highest BCUT2D eigenvalue weighted by atomic mass is 31.2. The molecule has 15 heteroatoms. The Morgan fingerprint density at radius 2 is 2.12 bits per heavy atom. The largest absolute Gasteiger partial charge is 0.470 e. The number of phosphoric acid groups is 1. The number of anilines is 1. The molecule has 1 aromatic carbocycles. The summed E-state index contributed by atoms with van der Waals surface area (Å²) in [4.78, 5) is 36.5. The number of pyridine rings is 1. The summed E-state index contributed by atoms with van der Waals surface area (Å²) >= 11 is 0. The van der Waals surface area contributed by atoms with Crippen LogP contribution < -0.4 is 4.90 Å². The Kier molecular flexibility index (Phi) is 6.17. The molecule has 1 fully saturated rings. The Hall–Kier alpha value is -3.32. The van der Waals surface area contributed by atoms with Crippen LogP contribution in [0.4, 0.5) is 19.3 Å². The lowest BCUT2D eigenvalue weighted by molar-refractivity contribution is 0.0162. The summed E-state index contributed by atoms with van der Waals surface area (Å²) in [5.41, 5.74) is 1.24. The second-order valence-corrected chi connectivity index (χ2v) is 8.21. The van der Waals surface area contributed by atoms with Crippen LogP contribution in [0.25, 0.3) is 22.6 Å². The molecule has 0 spiro atoms. The van der Waals surface area contributed by atoms with Crippen LogP contribution in [0.3, 0.4) is 0 Å². The Bertz CT molecular complexity index is 1220. The molecule has 1 unspecified atom stereocenters. The number of phosphoric ester groups is 1. The van der Waals surface area contributed by atoms with Gasteiger partial charge in [-0.2, -0.15) is 4.80 Å². The van der Waals surface area contributed by atoms with Gasteiger partial charge in [-0.3, -0.25) is 14.4 Å². The number of rotatable bonds is 7. The topological polar surface area (TPSA) is 153 Å². The molecule has 0 saturated carbocycles. The van der Waals surface area contributed by atoms with E-state index in [9.17, 15) is 18.1 Å². The number of amides is 1. The zero-order valence-corrected chi connectivity index (χ0v) is 17.8. The number of cyclic esters (lactones) is 1. The van der Waals surface area contributed by atoms with Crippen molar-refractivity contribution in [2.75, 3.05) is 18.1 Å². The number of tetrazole rings is 1. The lowest BCUT2D eigenvalue weighted by Crippen LogP contribution is -2.34. The number of halogens is 2. The highest BCUT2D eigenvalue weighted by Crippen LogP contribution is 2.40. The molecule has 2 N–H and O–H groups in total. The van der Waals surface area contributed by atoms with Crippen molar-refractivity contribution < 1.29 is 37.2 Å². The van der Waals surface area contributed by atoms with Crippen molar-refractivity contribution in [3.63, 3.8) is 0 Å². The smallest absolute Gasteiger partial charge is 0.441 e. The number of carbonyl (C=O) groups is 1. The Labute approximate surface area is 185 Å². The van der Waals surface area contributed by atoms with Gasteiger partial charge in [0.2, 0.25) is 5.82 Å². The summed E-state index contributed by atoms with van der Waals surface area (Å²) in [6.07, 6.45) is -2.45. The summed E-state index contributed by atoms with van der Waals surface area (Å²) in [7, 11) is -3.39. The minimum Gasteiger partial charge on any atom is -0.441 e. The molecule has 2 atom stereocenters. The third-order valence-electron chi connectivity index (χ3n) is 4.75. The zero-order chi connectivity index (χ0) is 23.8. The van der Waals surface area contributed by atoms with Crippen molar-refractivity contribution in [3.05, 3.63) is 42.3 Å². The third-order valence-corrected chi connectivity index (χ3v) is 5.30. The number of hydrogen-bond donors (Lipinski definition) is 2. The van der Waals surface area contributed by atoms with E-state index >= 15 is 0 Å². The zero-order valence-electron chi connectivity index (χ0n) is 16.9. The molecule has 2 aromatic heterocycles.